The van der Waals surface area contributed by atoms with Crippen molar-refractivity contribution in [2.75, 3.05) is 12.4 Å². The van der Waals surface area contributed by atoms with Crippen molar-refractivity contribution in [1.29, 1.82) is 0 Å². The maximum Gasteiger partial charge on any atom is 0.128 e. The molecule has 0 saturated carbocycles. The van der Waals surface area contributed by atoms with Crippen LogP contribution >= 0.6 is 11.6 Å². The van der Waals surface area contributed by atoms with E-state index < -0.39 is 16.6 Å². The van der Waals surface area contributed by atoms with Gasteiger partial charge in [0.05, 0.1) is 12.4 Å². The van der Waals surface area contributed by atoms with Crippen LogP contribution in [0.1, 0.15) is 12.0 Å². The molecule has 0 spiro atoms. The van der Waals surface area contributed by atoms with E-state index in [1.165, 1.54) is 36.4 Å². The topological polar surface area (TPSA) is 26.3 Å². The highest BCUT2D eigenvalue weighted by molar-refractivity contribution is 7.84. The number of halogens is 3. The smallest absolute Gasteiger partial charge is 0.128 e. The molecule has 2 rings (SSSR count). The van der Waals surface area contributed by atoms with Gasteiger partial charge < -0.3 is 4.74 Å². The maximum atomic E-state index is 13.6. The van der Waals surface area contributed by atoms with Crippen LogP contribution < -0.4 is 4.74 Å². The summed E-state index contributed by atoms with van der Waals surface area (Å²) in [7, 11) is -1.22. The summed E-state index contributed by atoms with van der Waals surface area (Å²) in [6, 6.07) is 10.1. The third kappa shape index (κ3) is 5.07. The molecule has 0 N–H and O–H groups in total. The van der Waals surface area contributed by atoms with Gasteiger partial charge in [-0.25, -0.2) is 8.78 Å². The molecular weight excluding hydrogens is 330 g/mol. The van der Waals surface area contributed by atoms with Gasteiger partial charge in [0, 0.05) is 27.1 Å². The lowest BCUT2D eigenvalue weighted by Crippen LogP contribution is -2.07. The number of ether oxygens (including phenoxy) is 1. The van der Waals surface area contributed by atoms with Crippen molar-refractivity contribution in [3.63, 3.8) is 0 Å². The molecule has 22 heavy (non-hydrogen) atoms. The molecule has 0 amide bonds. The summed E-state index contributed by atoms with van der Waals surface area (Å²) in [6.07, 6.45) is 0.552. The van der Waals surface area contributed by atoms with Gasteiger partial charge in [-0.15, -0.1) is 0 Å². The van der Waals surface area contributed by atoms with Crippen LogP contribution in [0.15, 0.2) is 42.5 Å². The molecule has 2 nitrogen and oxygen atoms in total. The highest BCUT2D eigenvalue weighted by Crippen LogP contribution is 2.20. The minimum atomic E-state index is -1.22. The first-order chi connectivity index (χ1) is 10.6. The minimum Gasteiger partial charge on any atom is -0.494 e. The standard InChI is InChI=1S/C16H15ClF2O2S/c17-15-3-1-4-16(19)14(15)11-22(20)10-2-9-21-13-7-5-12(18)6-8-13/h1,3-8H,2,9-11H2/t22-/m0/s1. The van der Waals surface area contributed by atoms with E-state index in [4.69, 9.17) is 16.3 Å². The van der Waals surface area contributed by atoms with Gasteiger partial charge in [0.2, 0.25) is 0 Å². The molecule has 0 fully saturated rings. The lowest BCUT2D eigenvalue weighted by molar-refractivity contribution is 0.318. The van der Waals surface area contributed by atoms with Crippen LogP contribution in [0.4, 0.5) is 8.78 Å². The lowest BCUT2D eigenvalue weighted by Gasteiger charge is -2.07. The molecular formula is C16H15ClF2O2S. The van der Waals surface area contributed by atoms with Gasteiger partial charge >= 0.3 is 0 Å². The van der Waals surface area contributed by atoms with Crippen molar-refractivity contribution in [2.45, 2.75) is 12.2 Å². The van der Waals surface area contributed by atoms with Crippen LogP contribution in [-0.2, 0) is 16.6 Å². The number of hydrogen-bond donors (Lipinski definition) is 0. The SMILES string of the molecule is O=[S@@](CCCOc1ccc(F)cc1)Cc1c(F)cccc1Cl. The summed E-state index contributed by atoms with van der Waals surface area (Å²) in [5.74, 6) is 0.261. The Labute approximate surface area is 135 Å². The third-order valence-electron chi connectivity index (χ3n) is 2.97. The fourth-order valence-electron chi connectivity index (χ4n) is 1.84. The Balaban J connectivity index is 1.75. The van der Waals surface area contributed by atoms with Crippen molar-refractivity contribution >= 4 is 22.4 Å². The van der Waals surface area contributed by atoms with Crippen LogP contribution in [0.2, 0.25) is 5.02 Å². The van der Waals surface area contributed by atoms with Gasteiger partial charge in [-0.2, -0.15) is 0 Å². The quantitative estimate of drug-likeness (QED) is 0.698. The molecule has 0 aliphatic carbocycles. The zero-order chi connectivity index (χ0) is 15.9. The summed E-state index contributed by atoms with van der Waals surface area (Å²) >= 11 is 5.90. The van der Waals surface area contributed by atoms with E-state index in [2.05, 4.69) is 0 Å². The molecule has 0 aliphatic heterocycles. The van der Waals surface area contributed by atoms with Gasteiger partial charge in [0.25, 0.3) is 0 Å². The van der Waals surface area contributed by atoms with E-state index in [9.17, 15) is 13.0 Å². The summed E-state index contributed by atoms with van der Waals surface area (Å²) in [5.41, 5.74) is 0.280. The minimum absolute atomic E-state index is 0.0854. The molecule has 0 unspecified atom stereocenters. The molecule has 6 heteroatoms. The Bertz CT molecular complexity index is 627. The third-order valence-corrected chi connectivity index (χ3v) is 4.67. The van der Waals surface area contributed by atoms with E-state index >= 15 is 0 Å². The fourth-order valence-corrected chi connectivity index (χ4v) is 3.35. The van der Waals surface area contributed by atoms with Crippen molar-refractivity contribution < 1.29 is 17.7 Å². The van der Waals surface area contributed by atoms with Crippen molar-refractivity contribution in [2.24, 2.45) is 0 Å². The first kappa shape index (κ1) is 16.9. The van der Waals surface area contributed by atoms with Gasteiger partial charge in [-0.3, -0.25) is 4.21 Å². The monoisotopic (exact) mass is 344 g/mol. The van der Waals surface area contributed by atoms with E-state index in [1.54, 1.807) is 6.07 Å². The molecule has 1 atom stereocenters. The van der Waals surface area contributed by atoms with Gasteiger partial charge in [0.1, 0.15) is 17.4 Å². The Hall–Kier alpha value is -1.46. The molecule has 0 radical (unpaired) electrons. The van der Waals surface area contributed by atoms with Crippen LogP contribution in [0.3, 0.4) is 0 Å². The maximum absolute atomic E-state index is 13.6. The van der Waals surface area contributed by atoms with Crippen LogP contribution in [0, 0.1) is 11.6 Å². The molecule has 2 aromatic rings. The van der Waals surface area contributed by atoms with Crippen molar-refractivity contribution in [3.05, 3.63) is 64.7 Å². The normalized spacial score (nSPS) is 12.1. The largest absolute Gasteiger partial charge is 0.494 e. The second kappa shape index (κ2) is 8.25. The lowest BCUT2D eigenvalue weighted by atomic mass is 10.2. The summed E-state index contributed by atoms with van der Waals surface area (Å²) in [6.45, 7) is 0.363. The zero-order valence-corrected chi connectivity index (χ0v) is 13.3. The number of rotatable bonds is 7. The fraction of sp³-hybridized carbons (Fsp3) is 0.250. The molecule has 118 valence electrons. The number of hydrogen-bond acceptors (Lipinski definition) is 2. The Morgan fingerprint density at radius 3 is 2.50 bits per heavy atom. The average molecular weight is 345 g/mol. The Kier molecular flexibility index (Phi) is 6.34. The molecule has 0 aromatic heterocycles. The van der Waals surface area contributed by atoms with Crippen LogP contribution in [0.25, 0.3) is 0 Å². The predicted molar refractivity (Wildman–Crippen MR) is 84.6 cm³/mol. The van der Waals surface area contributed by atoms with Gasteiger partial charge in [-0.1, -0.05) is 17.7 Å². The van der Waals surface area contributed by atoms with Crippen LogP contribution in [0.5, 0.6) is 5.75 Å². The summed E-state index contributed by atoms with van der Waals surface area (Å²) in [5, 5.41) is 0.288. The molecule has 0 bridgehead atoms. The number of benzene rings is 2. The van der Waals surface area contributed by atoms with Gasteiger partial charge in [-0.05, 0) is 42.8 Å². The second-order valence-electron chi connectivity index (χ2n) is 4.64. The van der Waals surface area contributed by atoms with E-state index in [-0.39, 0.29) is 22.2 Å². The average Bonchev–Trinajstić information content (AvgIpc) is 2.49. The van der Waals surface area contributed by atoms with Crippen molar-refractivity contribution in [1.82, 2.24) is 0 Å². The zero-order valence-electron chi connectivity index (χ0n) is 11.7. The molecule has 2 aromatic carbocycles. The summed E-state index contributed by atoms with van der Waals surface area (Å²) < 4.78 is 43.7. The second-order valence-corrected chi connectivity index (χ2v) is 6.63. The van der Waals surface area contributed by atoms with Gasteiger partial charge in [0.15, 0.2) is 0 Å². The summed E-state index contributed by atoms with van der Waals surface area (Å²) in [4.78, 5) is 0. The first-order valence-electron chi connectivity index (χ1n) is 6.72. The molecule has 0 heterocycles. The van der Waals surface area contributed by atoms with E-state index in [0.717, 1.165) is 0 Å². The van der Waals surface area contributed by atoms with E-state index in [1.807, 2.05) is 0 Å². The highest BCUT2D eigenvalue weighted by Gasteiger charge is 2.10. The highest BCUT2D eigenvalue weighted by atomic mass is 35.5. The predicted octanol–water partition coefficient (Wildman–Crippen LogP) is 4.34. The van der Waals surface area contributed by atoms with Crippen LogP contribution in [-0.4, -0.2) is 16.6 Å². The molecule has 0 saturated heterocycles. The van der Waals surface area contributed by atoms with E-state index in [0.29, 0.717) is 24.5 Å². The Morgan fingerprint density at radius 1 is 1.09 bits per heavy atom. The Morgan fingerprint density at radius 2 is 1.82 bits per heavy atom. The first-order valence-corrected chi connectivity index (χ1v) is 8.59. The van der Waals surface area contributed by atoms with Crippen molar-refractivity contribution in [3.8, 4) is 5.75 Å². The molecule has 0 aliphatic rings.